The molecule has 2 aromatic rings. The minimum absolute atomic E-state index is 0.0197. The molecule has 12 heavy (non-hydrogen) atoms. The maximum absolute atomic E-state index is 11.2. The first kappa shape index (κ1) is 7.10. The molecule has 0 spiro atoms. The lowest BCUT2D eigenvalue weighted by Crippen LogP contribution is -2.14. The number of hydrogen-bond donors (Lipinski definition) is 0. The first-order valence-electron chi connectivity index (χ1n) is 3.75. The summed E-state index contributed by atoms with van der Waals surface area (Å²) in [5.74, 6) is 0. The van der Waals surface area contributed by atoms with Gasteiger partial charge in [0.2, 0.25) is 0 Å². The van der Waals surface area contributed by atoms with Gasteiger partial charge in [-0.3, -0.25) is 4.79 Å². The molecular formula is C10H8NO. The molecule has 0 saturated heterocycles. The van der Waals surface area contributed by atoms with Crippen molar-refractivity contribution in [1.82, 2.24) is 4.57 Å². The molecule has 0 fully saturated rings. The van der Waals surface area contributed by atoms with E-state index in [2.05, 4.69) is 6.07 Å². The summed E-state index contributed by atoms with van der Waals surface area (Å²) in [5.41, 5.74) is 0.902. The Balaban J connectivity index is 3.01. The van der Waals surface area contributed by atoms with Gasteiger partial charge in [-0.1, -0.05) is 18.2 Å². The third-order valence-electron chi connectivity index (χ3n) is 1.95. The number of nitrogens with zero attached hydrogens (tertiary/aromatic N) is 1. The van der Waals surface area contributed by atoms with Crippen LogP contribution in [0.3, 0.4) is 0 Å². The topological polar surface area (TPSA) is 22.0 Å². The van der Waals surface area contributed by atoms with Crippen molar-refractivity contribution in [3.05, 3.63) is 46.8 Å². The van der Waals surface area contributed by atoms with Gasteiger partial charge in [0.1, 0.15) is 0 Å². The van der Waals surface area contributed by atoms with Crippen LogP contribution in [0, 0.1) is 6.07 Å². The van der Waals surface area contributed by atoms with Crippen LogP contribution in [0.15, 0.2) is 35.1 Å². The van der Waals surface area contributed by atoms with Crippen LogP contribution in [0.2, 0.25) is 0 Å². The molecule has 1 aromatic carbocycles. The minimum atomic E-state index is -0.0197. The molecular weight excluding hydrogens is 150 g/mol. The van der Waals surface area contributed by atoms with Crippen LogP contribution in [-0.4, -0.2) is 4.57 Å². The van der Waals surface area contributed by atoms with Crippen LogP contribution < -0.4 is 5.56 Å². The summed E-state index contributed by atoms with van der Waals surface area (Å²) in [4.78, 5) is 11.2. The van der Waals surface area contributed by atoms with Gasteiger partial charge >= 0.3 is 0 Å². The summed E-state index contributed by atoms with van der Waals surface area (Å²) in [6.07, 6.45) is 0. The van der Waals surface area contributed by atoms with Crippen molar-refractivity contribution >= 4 is 10.9 Å². The van der Waals surface area contributed by atoms with E-state index in [1.807, 2.05) is 24.3 Å². The van der Waals surface area contributed by atoms with Crippen molar-refractivity contribution in [2.24, 2.45) is 7.05 Å². The third-order valence-corrected chi connectivity index (χ3v) is 1.95. The van der Waals surface area contributed by atoms with Crippen molar-refractivity contribution < 1.29 is 0 Å². The van der Waals surface area contributed by atoms with E-state index in [1.54, 1.807) is 11.6 Å². The first-order valence-corrected chi connectivity index (χ1v) is 3.75. The Kier molecular flexibility index (Phi) is 1.47. The highest BCUT2D eigenvalue weighted by Crippen LogP contribution is 2.08. The Labute approximate surface area is 70.1 Å². The minimum Gasteiger partial charge on any atom is -0.311 e. The molecule has 1 aromatic heterocycles. The zero-order valence-electron chi connectivity index (χ0n) is 6.74. The summed E-state index contributed by atoms with van der Waals surface area (Å²) in [6.45, 7) is 0. The zero-order chi connectivity index (χ0) is 8.55. The van der Waals surface area contributed by atoms with Crippen LogP contribution in [0.1, 0.15) is 0 Å². The fourth-order valence-electron chi connectivity index (χ4n) is 1.24. The summed E-state index contributed by atoms with van der Waals surface area (Å²) < 4.78 is 1.62. The largest absolute Gasteiger partial charge is 0.311 e. The molecule has 0 bridgehead atoms. The fraction of sp³-hybridized carbons (Fsp3) is 0.100. The van der Waals surface area contributed by atoms with Crippen LogP contribution in [-0.2, 0) is 7.05 Å². The standard InChI is InChI=1S/C10H8NO/c1-11-9-5-3-2-4-8(9)6-7-10(11)12/h2-5,7H,1H3. The Hall–Kier alpha value is -1.57. The number of aryl methyl sites for hydroxylation is 1. The second kappa shape index (κ2) is 2.48. The number of hydrogen-bond acceptors (Lipinski definition) is 1. The van der Waals surface area contributed by atoms with Crippen LogP contribution in [0.4, 0.5) is 0 Å². The van der Waals surface area contributed by atoms with Gasteiger partial charge in [0.25, 0.3) is 5.56 Å². The highest BCUT2D eigenvalue weighted by atomic mass is 16.1. The average Bonchev–Trinajstić information content (AvgIpc) is 2.12. The Morgan fingerprint density at radius 2 is 2.08 bits per heavy atom. The van der Waals surface area contributed by atoms with E-state index in [9.17, 15) is 4.79 Å². The third kappa shape index (κ3) is 0.925. The van der Waals surface area contributed by atoms with Gasteiger partial charge < -0.3 is 4.57 Å². The normalized spacial score (nSPS) is 10.4. The smallest absolute Gasteiger partial charge is 0.251 e. The molecule has 2 heteroatoms. The van der Waals surface area contributed by atoms with E-state index in [0.717, 1.165) is 10.9 Å². The zero-order valence-corrected chi connectivity index (χ0v) is 6.74. The SMILES string of the molecule is Cn1c(=O)c[c]c2ccccc21. The molecule has 0 unspecified atom stereocenters. The molecule has 59 valence electrons. The van der Waals surface area contributed by atoms with Gasteiger partial charge in [-0.25, -0.2) is 0 Å². The van der Waals surface area contributed by atoms with Crippen molar-refractivity contribution in [1.29, 1.82) is 0 Å². The van der Waals surface area contributed by atoms with E-state index < -0.39 is 0 Å². The van der Waals surface area contributed by atoms with E-state index in [0.29, 0.717) is 0 Å². The fourth-order valence-corrected chi connectivity index (χ4v) is 1.24. The molecule has 1 radical (unpaired) electrons. The van der Waals surface area contributed by atoms with Gasteiger partial charge in [-0.2, -0.15) is 0 Å². The predicted octanol–water partition coefficient (Wildman–Crippen LogP) is 1.34. The molecule has 1 heterocycles. The predicted molar refractivity (Wildman–Crippen MR) is 48.0 cm³/mol. The molecule has 0 amide bonds. The molecule has 0 aliphatic rings. The van der Waals surface area contributed by atoms with Gasteiger partial charge in [-0.15, -0.1) is 0 Å². The van der Waals surface area contributed by atoms with Gasteiger partial charge in [0.15, 0.2) is 0 Å². The van der Waals surface area contributed by atoms with Crippen molar-refractivity contribution in [3.63, 3.8) is 0 Å². The van der Waals surface area contributed by atoms with Crippen LogP contribution in [0.25, 0.3) is 10.9 Å². The van der Waals surface area contributed by atoms with Gasteiger partial charge in [0, 0.05) is 18.5 Å². The average molecular weight is 158 g/mol. The van der Waals surface area contributed by atoms with Crippen molar-refractivity contribution in [2.45, 2.75) is 0 Å². The molecule has 2 nitrogen and oxygen atoms in total. The lowest BCUT2D eigenvalue weighted by Gasteiger charge is -2.01. The second-order valence-corrected chi connectivity index (χ2v) is 2.70. The van der Waals surface area contributed by atoms with Crippen LogP contribution in [0.5, 0.6) is 0 Å². The molecule has 0 N–H and O–H groups in total. The highest BCUT2D eigenvalue weighted by Gasteiger charge is 1.95. The number of pyridine rings is 1. The first-order chi connectivity index (χ1) is 5.79. The molecule has 0 aliphatic heterocycles. The summed E-state index contributed by atoms with van der Waals surface area (Å²) in [6, 6.07) is 12.1. The van der Waals surface area contributed by atoms with E-state index in [-0.39, 0.29) is 5.56 Å². The summed E-state index contributed by atoms with van der Waals surface area (Å²) in [5, 5.41) is 0.972. The quantitative estimate of drug-likeness (QED) is 0.567. The number of benzene rings is 1. The van der Waals surface area contributed by atoms with Crippen molar-refractivity contribution in [3.8, 4) is 0 Å². The van der Waals surface area contributed by atoms with E-state index in [1.165, 1.54) is 6.07 Å². The lowest BCUT2D eigenvalue weighted by atomic mass is 10.2. The number of para-hydroxylation sites is 1. The number of rotatable bonds is 0. The Bertz CT molecular complexity index is 470. The molecule has 0 saturated carbocycles. The van der Waals surface area contributed by atoms with Crippen LogP contribution >= 0.6 is 0 Å². The summed E-state index contributed by atoms with van der Waals surface area (Å²) in [7, 11) is 1.76. The number of aromatic nitrogens is 1. The van der Waals surface area contributed by atoms with Crippen molar-refractivity contribution in [2.75, 3.05) is 0 Å². The Morgan fingerprint density at radius 1 is 1.33 bits per heavy atom. The van der Waals surface area contributed by atoms with E-state index in [4.69, 9.17) is 0 Å². The monoisotopic (exact) mass is 158 g/mol. The maximum Gasteiger partial charge on any atom is 0.251 e. The maximum atomic E-state index is 11.2. The second-order valence-electron chi connectivity index (χ2n) is 2.70. The number of fused-ring (bicyclic) bond motifs is 1. The summed E-state index contributed by atoms with van der Waals surface area (Å²) >= 11 is 0. The lowest BCUT2D eigenvalue weighted by molar-refractivity contribution is 0.906. The van der Waals surface area contributed by atoms with E-state index >= 15 is 0 Å². The Morgan fingerprint density at radius 3 is 2.92 bits per heavy atom. The van der Waals surface area contributed by atoms with Gasteiger partial charge in [-0.05, 0) is 12.1 Å². The molecule has 0 atom stereocenters. The molecule has 2 rings (SSSR count). The molecule has 0 aliphatic carbocycles. The highest BCUT2D eigenvalue weighted by molar-refractivity contribution is 5.77. The van der Waals surface area contributed by atoms with Gasteiger partial charge in [0.05, 0.1) is 5.52 Å².